The van der Waals surface area contributed by atoms with Crippen LogP contribution in [0.1, 0.15) is 67.5 Å². The number of hydrogen-bond acceptors (Lipinski definition) is 3. The number of nitrogens with one attached hydrogen (secondary N) is 2. The van der Waals surface area contributed by atoms with Crippen molar-refractivity contribution in [1.29, 1.82) is 0 Å². The summed E-state index contributed by atoms with van der Waals surface area (Å²) in [4.78, 5) is 13.2. The van der Waals surface area contributed by atoms with E-state index in [4.69, 9.17) is 11.6 Å². The van der Waals surface area contributed by atoms with Gasteiger partial charge in [-0.05, 0) is 86.8 Å². The molecule has 1 aromatic heterocycles. The van der Waals surface area contributed by atoms with E-state index < -0.39 is 0 Å². The lowest BCUT2D eigenvalue weighted by atomic mass is 9.54. The van der Waals surface area contributed by atoms with Crippen LogP contribution in [0.15, 0.2) is 42.5 Å². The third-order valence-corrected chi connectivity index (χ3v) is 8.76. The molecule has 2 aromatic carbocycles. The first-order valence-electron chi connectivity index (χ1n) is 12.2. The molecule has 6 heteroatoms. The van der Waals surface area contributed by atoms with Crippen LogP contribution in [0.25, 0.3) is 11.1 Å². The van der Waals surface area contributed by atoms with Crippen molar-refractivity contribution in [3.8, 4) is 16.9 Å². The lowest BCUT2D eigenvalue weighted by Gasteiger charge is -2.47. The van der Waals surface area contributed by atoms with Gasteiger partial charge >= 0.3 is 0 Å². The maximum absolute atomic E-state index is 13.2. The summed E-state index contributed by atoms with van der Waals surface area (Å²) in [6.07, 6.45) is 2.56. The molecule has 1 saturated carbocycles. The average Bonchev–Trinajstić information content (AvgIpc) is 3.29. The summed E-state index contributed by atoms with van der Waals surface area (Å²) >= 11 is 6.99. The average molecular weight is 478 g/mol. The van der Waals surface area contributed by atoms with E-state index in [1.807, 2.05) is 26.0 Å². The molecule has 3 aromatic rings. The molecule has 2 aliphatic rings. The first-order chi connectivity index (χ1) is 16.3. The smallest absolute Gasteiger partial charge is 0.226 e. The van der Waals surface area contributed by atoms with E-state index in [2.05, 4.69) is 47.6 Å². The Morgan fingerprint density at radius 1 is 1.18 bits per heavy atom. The van der Waals surface area contributed by atoms with Crippen molar-refractivity contribution in [2.24, 2.45) is 11.3 Å². The molecule has 0 radical (unpaired) electrons. The molecule has 2 fully saturated rings. The molecular weight excluding hydrogens is 446 g/mol. The number of rotatable bonds is 4. The number of aromatic nitrogens is 2. The van der Waals surface area contributed by atoms with E-state index >= 15 is 0 Å². The van der Waals surface area contributed by atoms with Crippen LogP contribution in [0, 0.1) is 25.2 Å². The van der Waals surface area contributed by atoms with Gasteiger partial charge in [-0.3, -0.25) is 9.89 Å². The molecule has 5 nitrogen and oxygen atoms in total. The molecule has 1 amide bonds. The second kappa shape index (κ2) is 8.46. The Morgan fingerprint density at radius 3 is 2.53 bits per heavy atom. The first kappa shape index (κ1) is 23.0. The largest absolute Gasteiger partial charge is 0.508 e. The van der Waals surface area contributed by atoms with Gasteiger partial charge in [0.1, 0.15) is 5.75 Å². The van der Waals surface area contributed by atoms with Crippen LogP contribution >= 0.6 is 11.6 Å². The molecule has 1 aliphatic carbocycles. The van der Waals surface area contributed by atoms with Crippen molar-refractivity contribution in [3.05, 3.63) is 70.0 Å². The molecule has 0 bridgehead atoms. The molecule has 1 saturated heterocycles. The van der Waals surface area contributed by atoms with E-state index in [-0.39, 0.29) is 40.9 Å². The number of aromatic hydroxyl groups is 1. The van der Waals surface area contributed by atoms with Crippen molar-refractivity contribution in [2.45, 2.75) is 64.8 Å². The van der Waals surface area contributed by atoms with E-state index in [0.717, 1.165) is 57.9 Å². The number of carbonyl (C=O) groups is 1. The predicted molar refractivity (Wildman–Crippen MR) is 135 cm³/mol. The van der Waals surface area contributed by atoms with Crippen LogP contribution < -0.4 is 5.32 Å². The van der Waals surface area contributed by atoms with E-state index in [1.54, 1.807) is 12.1 Å². The SMILES string of the molecule is CC[C@@]12CC[C@@H](c3ccc(-c4c(C)n[nH]c4C)cc3Cl)[C@H](c3ccc(O)cc3)[C@@H]1[C@@H](C)NC2=O. The Hall–Kier alpha value is -2.79. The van der Waals surface area contributed by atoms with Crippen molar-refractivity contribution >= 4 is 17.5 Å². The number of aromatic amines is 1. The number of amides is 1. The zero-order chi connectivity index (χ0) is 24.2. The number of fused-ring (bicyclic) bond motifs is 1. The number of hydrogen-bond donors (Lipinski definition) is 3. The fourth-order valence-electron chi connectivity index (χ4n) is 6.87. The summed E-state index contributed by atoms with van der Waals surface area (Å²) in [5.74, 6) is 0.880. The summed E-state index contributed by atoms with van der Waals surface area (Å²) < 4.78 is 0. The van der Waals surface area contributed by atoms with E-state index in [9.17, 15) is 9.90 Å². The highest BCUT2D eigenvalue weighted by Gasteiger charge is 2.59. The molecule has 3 N–H and O–H groups in total. The second-order valence-electron chi connectivity index (χ2n) is 10.1. The Kier molecular flexibility index (Phi) is 5.71. The van der Waals surface area contributed by atoms with Crippen LogP contribution in [-0.4, -0.2) is 27.3 Å². The molecule has 0 unspecified atom stereocenters. The quantitative estimate of drug-likeness (QED) is 0.416. The molecule has 5 atom stereocenters. The van der Waals surface area contributed by atoms with Crippen LogP contribution in [0.3, 0.4) is 0 Å². The van der Waals surface area contributed by atoms with Crippen LogP contribution in [0.4, 0.5) is 0 Å². The Labute approximate surface area is 205 Å². The molecule has 2 heterocycles. The van der Waals surface area contributed by atoms with Gasteiger partial charge in [0.05, 0.1) is 11.1 Å². The molecular formula is C28H32ClN3O2. The van der Waals surface area contributed by atoms with Crippen molar-refractivity contribution in [3.63, 3.8) is 0 Å². The summed E-state index contributed by atoms with van der Waals surface area (Å²) in [5.41, 5.74) is 6.04. The fraction of sp³-hybridized carbons (Fsp3) is 0.429. The Morgan fingerprint density at radius 2 is 1.91 bits per heavy atom. The number of phenols is 1. The number of nitrogens with zero attached hydrogens (tertiary/aromatic N) is 1. The summed E-state index contributed by atoms with van der Waals surface area (Å²) in [6, 6.07) is 13.9. The predicted octanol–water partition coefficient (Wildman–Crippen LogP) is 6.24. The normalized spacial score (nSPS) is 28.6. The minimum atomic E-state index is -0.365. The Bertz CT molecular complexity index is 1220. The third-order valence-electron chi connectivity index (χ3n) is 8.44. The number of aryl methyl sites for hydroxylation is 2. The highest BCUT2D eigenvalue weighted by Crippen LogP contribution is 2.60. The maximum atomic E-state index is 13.2. The van der Waals surface area contributed by atoms with Gasteiger partial charge in [-0.1, -0.05) is 42.8 Å². The van der Waals surface area contributed by atoms with E-state index in [1.165, 1.54) is 0 Å². The van der Waals surface area contributed by atoms with Gasteiger partial charge in [-0.2, -0.15) is 5.10 Å². The number of halogens is 1. The van der Waals surface area contributed by atoms with Gasteiger partial charge < -0.3 is 10.4 Å². The van der Waals surface area contributed by atoms with Gasteiger partial charge in [-0.15, -0.1) is 0 Å². The summed E-state index contributed by atoms with van der Waals surface area (Å²) in [7, 11) is 0. The maximum Gasteiger partial charge on any atom is 0.226 e. The van der Waals surface area contributed by atoms with Crippen molar-refractivity contribution < 1.29 is 9.90 Å². The zero-order valence-corrected chi connectivity index (χ0v) is 20.9. The van der Waals surface area contributed by atoms with E-state index in [0.29, 0.717) is 0 Å². The zero-order valence-electron chi connectivity index (χ0n) is 20.2. The van der Waals surface area contributed by atoms with Gasteiger partial charge in [0.15, 0.2) is 0 Å². The third kappa shape index (κ3) is 3.44. The number of H-pyrrole nitrogens is 1. The minimum absolute atomic E-state index is 0.0725. The van der Waals surface area contributed by atoms with Crippen molar-refractivity contribution in [1.82, 2.24) is 15.5 Å². The van der Waals surface area contributed by atoms with Crippen molar-refractivity contribution in [2.75, 3.05) is 0 Å². The fourth-order valence-corrected chi connectivity index (χ4v) is 7.19. The monoisotopic (exact) mass is 477 g/mol. The van der Waals surface area contributed by atoms with Crippen LogP contribution in [-0.2, 0) is 4.79 Å². The second-order valence-corrected chi connectivity index (χ2v) is 10.5. The standard InChI is InChI=1S/C28H32ClN3O2/c1-5-28-13-12-22(21-11-8-19(14-23(21)29)24-15(2)31-32-16(24)3)25(18-6-9-20(33)10-7-18)26(28)17(4)30-27(28)34/h6-11,14,17,22,25-26,33H,5,12-13H2,1-4H3,(H,30,34)(H,31,32)/t17-,22+,25+,26+,28-/m1/s1. The van der Waals surface area contributed by atoms with Gasteiger partial charge in [0.25, 0.3) is 0 Å². The van der Waals surface area contributed by atoms with Crippen LogP contribution in [0.5, 0.6) is 5.75 Å². The Balaban J connectivity index is 1.62. The molecule has 5 rings (SSSR count). The van der Waals surface area contributed by atoms with Gasteiger partial charge in [-0.25, -0.2) is 0 Å². The lowest BCUT2D eigenvalue weighted by Crippen LogP contribution is -2.43. The highest BCUT2D eigenvalue weighted by atomic mass is 35.5. The molecule has 0 spiro atoms. The highest BCUT2D eigenvalue weighted by molar-refractivity contribution is 6.31. The summed E-state index contributed by atoms with van der Waals surface area (Å²) in [6.45, 7) is 8.29. The minimum Gasteiger partial charge on any atom is -0.508 e. The summed E-state index contributed by atoms with van der Waals surface area (Å²) in [5, 5.41) is 21.3. The molecule has 34 heavy (non-hydrogen) atoms. The van der Waals surface area contributed by atoms with Gasteiger partial charge in [0, 0.05) is 28.2 Å². The van der Waals surface area contributed by atoms with Crippen LogP contribution in [0.2, 0.25) is 5.02 Å². The van der Waals surface area contributed by atoms with Gasteiger partial charge in [0.2, 0.25) is 5.91 Å². The first-order valence-corrected chi connectivity index (χ1v) is 12.6. The number of carbonyl (C=O) groups excluding carboxylic acids is 1. The molecule has 178 valence electrons. The number of phenolic OH excluding ortho intramolecular Hbond substituents is 1. The lowest BCUT2D eigenvalue weighted by molar-refractivity contribution is -0.131. The number of benzene rings is 2. The topological polar surface area (TPSA) is 78.0 Å². The molecule has 1 aliphatic heterocycles.